The van der Waals surface area contributed by atoms with Crippen molar-refractivity contribution in [3.05, 3.63) is 48.0 Å². The lowest BCUT2D eigenvalue weighted by molar-refractivity contribution is 0.0372. The Balaban J connectivity index is 1.67. The van der Waals surface area contributed by atoms with Crippen LogP contribution in [-0.4, -0.2) is 42.3 Å². The molecule has 0 amide bonds. The lowest BCUT2D eigenvalue weighted by Gasteiger charge is -2.42. The molecule has 0 bridgehead atoms. The van der Waals surface area contributed by atoms with Crippen LogP contribution in [0.25, 0.3) is 10.8 Å². The van der Waals surface area contributed by atoms with Crippen molar-refractivity contribution in [1.29, 1.82) is 0 Å². The molecule has 0 aromatic heterocycles. The monoisotopic (exact) mass is 324 g/mol. The zero-order valence-corrected chi connectivity index (χ0v) is 14.3. The lowest BCUT2D eigenvalue weighted by Crippen LogP contribution is -2.43. The van der Waals surface area contributed by atoms with E-state index < -0.39 is 0 Å². The highest BCUT2D eigenvalue weighted by Gasteiger charge is 2.32. The predicted molar refractivity (Wildman–Crippen MR) is 99.1 cm³/mol. The number of fused-ring (bicyclic) bond motifs is 1. The van der Waals surface area contributed by atoms with Gasteiger partial charge in [-0.3, -0.25) is 4.90 Å². The van der Waals surface area contributed by atoms with Crippen LogP contribution in [0.2, 0.25) is 0 Å². The number of likely N-dealkylation sites (tertiary alicyclic amines) is 1. The van der Waals surface area contributed by atoms with Crippen molar-refractivity contribution in [3.8, 4) is 0 Å². The van der Waals surface area contributed by atoms with Crippen molar-refractivity contribution >= 4 is 10.8 Å². The summed E-state index contributed by atoms with van der Waals surface area (Å²) >= 11 is 0. The number of aliphatic hydroxyl groups is 1. The second-order valence-electron chi connectivity index (χ2n) is 7.41. The molecule has 1 atom stereocenters. The van der Waals surface area contributed by atoms with E-state index in [0.717, 1.165) is 39.0 Å². The number of hydrogen-bond donors (Lipinski definition) is 2. The van der Waals surface area contributed by atoms with E-state index in [4.69, 9.17) is 0 Å². The van der Waals surface area contributed by atoms with Gasteiger partial charge in [0.15, 0.2) is 0 Å². The summed E-state index contributed by atoms with van der Waals surface area (Å²) in [5.74, 6) is 0.711. The summed E-state index contributed by atoms with van der Waals surface area (Å²) in [7, 11) is 0. The SMILES string of the molecule is OC1CCN(C(c2ccc3ccccc3c2)C2CCNCC2)CC1. The van der Waals surface area contributed by atoms with Gasteiger partial charge in [0.05, 0.1) is 6.10 Å². The molecule has 0 radical (unpaired) electrons. The minimum Gasteiger partial charge on any atom is -0.393 e. The first-order valence-corrected chi connectivity index (χ1v) is 9.43. The van der Waals surface area contributed by atoms with Gasteiger partial charge in [-0.2, -0.15) is 0 Å². The Labute approximate surface area is 144 Å². The van der Waals surface area contributed by atoms with Gasteiger partial charge in [-0.25, -0.2) is 0 Å². The van der Waals surface area contributed by atoms with Crippen LogP contribution in [-0.2, 0) is 0 Å². The number of rotatable bonds is 3. The largest absolute Gasteiger partial charge is 0.393 e. The third kappa shape index (κ3) is 3.34. The van der Waals surface area contributed by atoms with Gasteiger partial charge in [-0.1, -0.05) is 36.4 Å². The Bertz CT molecular complexity index is 672. The summed E-state index contributed by atoms with van der Waals surface area (Å²) in [6, 6.07) is 16.1. The maximum absolute atomic E-state index is 9.89. The van der Waals surface area contributed by atoms with E-state index in [1.54, 1.807) is 0 Å². The summed E-state index contributed by atoms with van der Waals surface area (Å²) in [5, 5.41) is 16.1. The van der Waals surface area contributed by atoms with Gasteiger partial charge in [-0.15, -0.1) is 0 Å². The van der Waals surface area contributed by atoms with E-state index >= 15 is 0 Å². The van der Waals surface area contributed by atoms with Gasteiger partial charge in [0.1, 0.15) is 0 Å². The molecule has 3 heteroatoms. The molecule has 3 nitrogen and oxygen atoms in total. The molecule has 2 fully saturated rings. The zero-order chi connectivity index (χ0) is 16.4. The summed E-state index contributed by atoms with van der Waals surface area (Å²) in [4.78, 5) is 2.63. The fourth-order valence-electron chi connectivity index (χ4n) is 4.50. The number of aliphatic hydroxyl groups excluding tert-OH is 1. The average Bonchev–Trinajstić information content (AvgIpc) is 2.64. The molecular formula is C21H28N2O. The van der Waals surface area contributed by atoms with Crippen molar-refractivity contribution in [1.82, 2.24) is 10.2 Å². The molecule has 2 aromatic carbocycles. The standard InChI is InChI=1S/C21H28N2O/c24-20-9-13-23(14-10-20)21(17-7-11-22-12-8-17)19-6-5-16-3-1-2-4-18(16)15-19/h1-6,15,17,20-22,24H,7-14H2. The molecule has 2 heterocycles. The smallest absolute Gasteiger partial charge is 0.0564 e. The Morgan fingerprint density at radius 3 is 2.38 bits per heavy atom. The topological polar surface area (TPSA) is 35.5 Å². The fraction of sp³-hybridized carbons (Fsp3) is 0.524. The van der Waals surface area contributed by atoms with Crippen LogP contribution in [0, 0.1) is 5.92 Å². The maximum atomic E-state index is 9.89. The predicted octanol–water partition coefficient (Wildman–Crippen LogP) is 3.34. The minimum absolute atomic E-state index is 0.105. The highest BCUT2D eigenvalue weighted by atomic mass is 16.3. The molecule has 128 valence electrons. The molecule has 2 aromatic rings. The van der Waals surface area contributed by atoms with Gasteiger partial charge in [0.2, 0.25) is 0 Å². The minimum atomic E-state index is -0.105. The number of nitrogens with zero attached hydrogens (tertiary/aromatic N) is 1. The van der Waals surface area contributed by atoms with Gasteiger partial charge >= 0.3 is 0 Å². The van der Waals surface area contributed by atoms with Crippen LogP contribution in [0.4, 0.5) is 0 Å². The summed E-state index contributed by atoms with van der Waals surface area (Å²) in [6.07, 6.45) is 4.21. The first kappa shape index (κ1) is 16.1. The molecule has 24 heavy (non-hydrogen) atoms. The van der Waals surface area contributed by atoms with E-state index in [1.165, 1.54) is 29.2 Å². The number of nitrogens with one attached hydrogen (secondary N) is 1. The third-order valence-corrected chi connectivity index (χ3v) is 5.84. The van der Waals surface area contributed by atoms with Gasteiger partial charge in [0, 0.05) is 19.1 Å². The van der Waals surface area contributed by atoms with Crippen molar-refractivity contribution in [3.63, 3.8) is 0 Å². The molecular weight excluding hydrogens is 296 g/mol. The van der Waals surface area contributed by atoms with Crippen LogP contribution in [0.5, 0.6) is 0 Å². The van der Waals surface area contributed by atoms with Crippen molar-refractivity contribution in [2.75, 3.05) is 26.2 Å². The van der Waals surface area contributed by atoms with Crippen molar-refractivity contribution < 1.29 is 5.11 Å². The van der Waals surface area contributed by atoms with Gasteiger partial charge < -0.3 is 10.4 Å². The molecule has 1 unspecified atom stereocenters. The Kier molecular flexibility index (Phi) is 4.83. The molecule has 2 saturated heterocycles. The Hall–Kier alpha value is -1.42. The highest BCUT2D eigenvalue weighted by molar-refractivity contribution is 5.83. The van der Waals surface area contributed by atoms with E-state index in [9.17, 15) is 5.11 Å². The number of benzene rings is 2. The maximum Gasteiger partial charge on any atom is 0.0564 e. The van der Waals surface area contributed by atoms with Crippen LogP contribution >= 0.6 is 0 Å². The molecule has 4 rings (SSSR count). The van der Waals surface area contributed by atoms with E-state index in [1.807, 2.05) is 0 Å². The first-order chi connectivity index (χ1) is 11.8. The first-order valence-electron chi connectivity index (χ1n) is 9.43. The Morgan fingerprint density at radius 1 is 0.917 bits per heavy atom. The zero-order valence-electron chi connectivity index (χ0n) is 14.3. The second-order valence-corrected chi connectivity index (χ2v) is 7.41. The Morgan fingerprint density at radius 2 is 1.62 bits per heavy atom. The molecule has 0 aliphatic carbocycles. The average molecular weight is 324 g/mol. The lowest BCUT2D eigenvalue weighted by atomic mass is 9.83. The molecule has 2 N–H and O–H groups in total. The van der Waals surface area contributed by atoms with Gasteiger partial charge in [-0.05, 0) is 67.1 Å². The summed E-state index contributed by atoms with van der Waals surface area (Å²) in [6.45, 7) is 4.29. The summed E-state index contributed by atoms with van der Waals surface area (Å²) < 4.78 is 0. The number of piperidine rings is 2. The van der Waals surface area contributed by atoms with Crippen LogP contribution in [0.15, 0.2) is 42.5 Å². The third-order valence-electron chi connectivity index (χ3n) is 5.84. The quantitative estimate of drug-likeness (QED) is 0.909. The molecule has 2 aliphatic heterocycles. The molecule has 0 saturated carbocycles. The fourth-order valence-corrected chi connectivity index (χ4v) is 4.50. The van der Waals surface area contributed by atoms with Crippen molar-refractivity contribution in [2.45, 2.75) is 37.8 Å². The van der Waals surface area contributed by atoms with E-state index in [-0.39, 0.29) is 6.10 Å². The molecule has 0 spiro atoms. The van der Waals surface area contributed by atoms with E-state index in [2.05, 4.69) is 52.7 Å². The highest BCUT2D eigenvalue weighted by Crippen LogP contribution is 2.37. The normalized spacial score (nSPS) is 22.7. The summed E-state index contributed by atoms with van der Waals surface area (Å²) in [5.41, 5.74) is 1.46. The van der Waals surface area contributed by atoms with Crippen LogP contribution in [0.1, 0.15) is 37.3 Å². The van der Waals surface area contributed by atoms with Crippen LogP contribution in [0.3, 0.4) is 0 Å². The number of hydrogen-bond acceptors (Lipinski definition) is 3. The van der Waals surface area contributed by atoms with Crippen molar-refractivity contribution in [2.24, 2.45) is 5.92 Å². The van der Waals surface area contributed by atoms with E-state index in [0.29, 0.717) is 12.0 Å². The van der Waals surface area contributed by atoms with Gasteiger partial charge in [0.25, 0.3) is 0 Å². The second kappa shape index (κ2) is 7.22. The molecule has 2 aliphatic rings. The van der Waals surface area contributed by atoms with Crippen LogP contribution < -0.4 is 5.32 Å².